The molecule has 5 aliphatic rings. The molecule has 37 heavy (non-hydrogen) atoms. The summed E-state index contributed by atoms with van der Waals surface area (Å²) >= 11 is 6.39. The Morgan fingerprint density at radius 1 is 0.946 bits per heavy atom. The molecule has 0 radical (unpaired) electrons. The second kappa shape index (κ2) is 9.59. The van der Waals surface area contributed by atoms with Crippen molar-refractivity contribution in [3.63, 3.8) is 0 Å². The molecule has 202 valence electrons. The van der Waals surface area contributed by atoms with Crippen molar-refractivity contribution >= 4 is 11.6 Å². The van der Waals surface area contributed by atoms with Gasteiger partial charge in [-0.1, -0.05) is 89.5 Å². The van der Waals surface area contributed by atoms with Crippen molar-refractivity contribution in [3.8, 4) is 11.8 Å². The first-order chi connectivity index (χ1) is 17.7. The molecule has 0 aromatic heterocycles. The minimum atomic E-state index is -0.205. The highest BCUT2D eigenvalue weighted by Crippen LogP contribution is 2.71. The summed E-state index contributed by atoms with van der Waals surface area (Å²) in [7, 11) is 0. The molecule has 4 aliphatic carbocycles. The number of rotatable bonds is 5. The van der Waals surface area contributed by atoms with Crippen LogP contribution in [0.2, 0.25) is 5.02 Å². The van der Waals surface area contributed by atoms with Crippen molar-refractivity contribution in [1.29, 1.82) is 0 Å². The fourth-order valence-corrected chi connectivity index (χ4v) is 10.7. The third-order valence-electron chi connectivity index (χ3n) is 12.5. The maximum atomic E-state index is 6.46. The molecule has 1 aromatic carbocycles. The van der Waals surface area contributed by atoms with Crippen LogP contribution in [0.1, 0.15) is 111 Å². The highest BCUT2D eigenvalue weighted by atomic mass is 35.5. The zero-order valence-corrected chi connectivity index (χ0v) is 24.7. The zero-order chi connectivity index (χ0) is 26.0. The predicted molar refractivity (Wildman–Crippen MR) is 154 cm³/mol. The highest BCUT2D eigenvalue weighted by molar-refractivity contribution is 6.31. The fraction of sp³-hybridized carbons (Fsp3) is 0.771. The Morgan fingerprint density at radius 2 is 1.73 bits per heavy atom. The lowest BCUT2D eigenvalue weighted by Gasteiger charge is -2.60. The van der Waals surface area contributed by atoms with Crippen LogP contribution in [0.4, 0.5) is 0 Å². The van der Waals surface area contributed by atoms with Crippen LogP contribution in [0, 0.1) is 64.1 Å². The quantitative estimate of drug-likeness (QED) is 0.278. The SMILES string of the molecule is CC(C)CCC[C@@H](C)[C@@H]1CC[C@H]2[C@H]3CC[C@H]4C[C@]5(C#Cc6ccccc6Cl)O[C@@H]5C[C@]4(C)[C@@H]3CC[C@@]21C. The summed E-state index contributed by atoms with van der Waals surface area (Å²) in [4.78, 5) is 0. The lowest BCUT2D eigenvalue weighted by Crippen LogP contribution is -2.54. The normalized spacial score (nSPS) is 44.6. The lowest BCUT2D eigenvalue weighted by atomic mass is 9.44. The summed E-state index contributed by atoms with van der Waals surface area (Å²) < 4.78 is 6.46. The van der Waals surface area contributed by atoms with Gasteiger partial charge in [0.1, 0.15) is 6.10 Å². The van der Waals surface area contributed by atoms with E-state index in [1.807, 2.05) is 24.3 Å². The average Bonchev–Trinajstić information content (AvgIpc) is 3.41. The van der Waals surface area contributed by atoms with Crippen LogP contribution in [-0.4, -0.2) is 11.7 Å². The maximum absolute atomic E-state index is 6.46. The number of fused-ring (bicyclic) bond motifs is 6. The minimum absolute atomic E-state index is 0.205. The van der Waals surface area contributed by atoms with Crippen molar-refractivity contribution in [2.75, 3.05) is 0 Å². The largest absolute Gasteiger partial charge is 0.352 e. The topological polar surface area (TPSA) is 12.5 Å². The van der Waals surface area contributed by atoms with E-state index in [4.69, 9.17) is 16.3 Å². The number of halogens is 1. The van der Waals surface area contributed by atoms with Crippen LogP contribution in [0.15, 0.2) is 24.3 Å². The number of hydrogen-bond donors (Lipinski definition) is 0. The van der Waals surface area contributed by atoms with Crippen LogP contribution in [0.5, 0.6) is 0 Å². The van der Waals surface area contributed by atoms with Gasteiger partial charge in [-0.3, -0.25) is 0 Å². The van der Waals surface area contributed by atoms with Crippen molar-refractivity contribution < 1.29 is 4.74 Å². The zero-order valence-electron chi connectivity index (χ0n) is 24.0. The Bertz CT molecular complexity index is 1070. The molecule has 1 nitrogen and oxygen atoms in total. The Kier molecular flexibility index (Phi) is 6.81. The molecule has 1 aromatic rings. The summed E-state index contributed by atoms with van der Waals surface area (Å²) in [5.41, 5.74) is 1.74. The van der Waals surface area contributed by atoms with Gasteiger partial charge >= 0.3 is 0 Å². The molecule has 0 unspecified atom stereocenters. The Hall–Kier alpha value is -0.970. The summed E-state index contributed by atoms with van der Waals surface area (Å²) in [6, 6.07) is 7.96. The van der Waals surface area contributed by atoms with Gasteiger partial charge in [0.05, 0.1) is 5.02 Å². The molecule has 0 N–H and O–H groups in total. The molecule has 1 saturated heterocycles. The summed E-state index contributed by atoms with van der Waals surface area (Å²) in [6.07, 6.45) is 15.6. The molecule has 1 aliphatic heterocycles. The summed E-state index contributed by atoms with van der Waals surface area (Å²) in [5, 5.41) is 0.749. The van der Waals surface area contributed by atoms with E-state index in [1.54, 1.807) is 0 Å². The van der Waals surface area contributed by atoms with E-state index in [9.17, 15) is 0 Å². The first-order valence-corrected chi connectivity index (χ1v) is 16.0. The number of hydrogen-bond acceptors (Lipinski definition) is 1. The van der Waals surface area contributed by atoms with Gasteiger partial charge in [0.2, 0.25) is 0 Å². The molecule has 2 heteroatoms. The monoisotopic (exact) mass is 520 g/mol. The summed E-state index contributed by atoms with van der Waals surface area (Å²) in [6.45, 7) is 12.7. The molecule has 6 rings (SSSR count). The van der Waals surface area contributed by atoms with Gasteiger partial charge in [0.25, 0.3) is 0 Å². The number of benzene rings is 1. The Balaban J connectivity index is 1.15. The van der Waals surface area contributed by atoms with E-state index in [0.29, 0.717) is 16.9 Å². The molecular formula is C35H49ClO. The lowest BCUT2D eigenvalue weighted by molar-refractivity contribution is -0.112. The average molecular weight is 521 g/mol. The van der Waals surface area contributed by atoms with Gasteiger partial charge < -0.3 is 4.74 Å². The second-order valence-electron chi connectivity index (χ2n) is 14.8. The molecule has 1 heterocycles. The van der Waals surface area contributed by atoms with Gasteiger partial charge in [-0.15, -0.1) is 0 Å². The smallest absolute Gasteiger partial charge is 0.155 e. The maximum Gasteiger partial charge on any atom is 0.155 e. The van der Waals surface area contributed by atoms with E-state index in [1.165, 1.54) is 64.2 Å². The van der Waals surface area contributed by atoms with Gasteiger partial charge in [0, 0.05) is 5.56 Å². The standard InChI is InChI=1S/C35H49ClO/c1-23(2)9-8-10-24(3)28-15-16-29-27-14-13-26-21-35(20-17-25-11-6-7-12-31(25)36)32(37-35)22-34(26,5)30(27)18-19-33(28,29)4/h6-7,11-12,23-24,26-30,32H,8-10,13-16,18-19,21-22H2,1-5H3/t24-,26+,27-,28+,29+,30-,32-,33-,34+,35+/m1/s1. The van der Waals surface area contributed by atoms with Crippen LogP contribution < -0.4 is 0 Å². The van der Waals surface area contributed by atoms with E-state index >= 15 is 0 Å². The minimum Gasteiger partial charge on any atom is -0.352 e. The fourth-order valence-electron chi connectivity index (χ4n) is 10.5. The molecule has 5 fully saturated rings. The molecular weight excluding hydrogens is 472 g/mol. The Morgan fingerprint density at radius 3 is 2.51 bits per heavy atom. The number of ether oxygens (including phenoxy) is 1. The van der Waals surface area contributed by atoms with Crippen LogP contribution in [0.3, 0.4) is 0 Å². The van der Waals surface area contributed by atoms with E-state index in [-0.39, 0.29) is 5.60 Å². The van der Waals surface area contributed by atoms with E-state index in [2.05, 4.69) is 46.5 Å². The number of epoxide rings is 1. The molecule has 10 atom stereocenters. The van der Waals surface area contributed by atoms with Crippen molar-refractivity contribution in [2.45, 2.75) is 117 Å². The van der Waals surface area contributed by atoms with E-state index in [0.717, 1.165) is 58.4 Å². The van der Waals surface area contributed by atoms with E-state index < -0.39 is 0 Å². The van der Waals surface area contributed by atoms with Crippen molar-refractivity contribution in [3.05, 3.63) is 34.9 Å². The molecule has 0 spiro atoms. The summed E-state index contributed by atoms with van der Waals surface area (Å²) in [5.74, 6) is 13.2. The van der Waals surface area contributed by atoms with Crippen LogP contribution >= 0.6 is 11.6 Å². The molecule has 4 saturated carbocycles. The first kappa shape index (κ1) is 26.3. The molecule has 0 bridgehead atoms. The van der Waals surface area contributed by atoms with Gasteiger partial charge in [-0.25, -0.2) is 0 Å². The van der Waals surface area contributed by atoms with Gasteiger partial charge in [-0.2, -0.15) is 0 Å². The second-order valence-corrected chi connectivity index (χ2v) is 15.2. The van der Waals surface area contributed by atoms with Crippen LogP contribution in [0.25, 0.3) is 0 Å². The van der Waals surface area contributed by atoms with Crippen molar-refractivity contribution in [1.82, 2.24) is 0 Å². The predicted octanol–water partition coefficient (Wildman–Crippen LogP) is 9.56. The Labute approximate surface area is 231 Å². The van der Waals surface area contributed by atoms with Crippen molar-refractivity contribution in [2.24, 2.45) is 52.3 Å². The van der Waals surface area contributed by atoms with Crippen LogP contribution in [-0.2, 0) is 4.74 Å². The first-order valence-electron chi connectivity index (χ1n) is 15.6. The third kappa shape index (κ3) is 4.42. The third-order valence-corrected chi connectivity index (χ3v) is 12.9. The van der Waals surface area contributed by atoms with Gasteiger partial charge in [0.15, 0.2) is 5.60 Å². The molecule has 0 amide bonds. The van der Waals surface area contributed by atoms with Gasteiger partial charge in [-0.05, 0) is 116 Å². The highest BCUT2D eigenvalue weighted by Gasteiger charge is 2.68.